The Hall–Kier alpha value is -1.13. The van der Waals surface area contributed by atoms with E-state index in [1.165, 1.54) is 6.08 Å². The van der Waals surface area contributed by atoms with Crippen LogP contribution in [0.5, 0.6) is 0 Å². The molecule has 1 heterocycles. The predicted molar refractivity (Wildman–Crippen MR) is 56.5 cm³/mol. The van der Waals surface area contributed by atoms with Crippen molar-refractivity contribution in [2.75, 3.05) is 6.54 Å². The van der Waals surface area contributed by atoms with E-state index in [0.29, 0.717) is 0 Å². The molecule has 0 aromatic carbocycles. The lowest BCUT2D eigenvalue weighted by Gasteiger charge is -2.26. The molecule has 1 aliphatic heterocycles. The highest BCUT2D eigenvalue weighted by Gasteiger charge is 2.46. The van der Waals surface area contributed by atoms with Gasteiger partial charge in [0.15, 0.2) is 0 Å². The van der Waals surface area contributed by atoms with E-state index in [9.17, 15) is 13.6 Å². The van der Waals surface area contributed by atoms with E-state index in [1.807, 2.05) is 0 Å². The smallest absolute Gasteiger partial charge is 0.410 e. The molecule has 0 radical (unpaired) electrons. The molecule has 1 aliphatic rings. The molecule has 92 valence electrons. The summed E-state index contributed by atoms with van der Waals surface area (Å²) >= 11 is 0. The molecule has 3 nitrogen and oxygen atoms in total. The van der Waals surface area contributed by atoms with E-state index in [-0.39, 0.29) is 6.42 Å². The summed E-state index contributed by atoms with van der Waals surface area (Å²) in [6.07, 6.45) is 0.259. The number of amides is 1. The Morgan fingerprint density at radius 3 is 2.56 bits per heavy atom. The lowest BCUT2D eigenvalue weighted by molar-refractivity contribution is -0.00217. The van der Waals surface area contributed by atoms with Gasteiger partial charge in [-0.15, -0.1) is 6.58 Å². The average molecular weight is 233 g/mol. The van der Waals surface area contributed by atoms with Gasteiger partial charge < -0.3 is 4.74 Å². The number of nitrogens with zero attached hydrogens (tertiary/aromatic N) is 1. The van der Waals surface area contributed by atoms with Crippen LogP contribution in [0.3, 0.4) is 0 Å². The maximum Gasteiger partial charge on any atom is 0.410 e. The van der Waals surface area contributed by atoms with Crippen LogP contribution < -0.4 is 0 Å². The topological polar surface area (TPSA) is 29.5 Å². The number of carbonyl (C=O) groups excluding carboxylic acids is 1. The van der Waals surface area contributed by atoms with Gasteiger partial charge in [0, 0.05) is 6.42 Å². The maximum atomic E-state index is 13.1. The van der Waals surface area contributed by atoms with Crippen molar-refractivity contribution >= 4 is 6.09 Å². The third-order valence-corrected chi connectivity index (χ3v) is 2.21. The highest BCUT2D eigenvalue weighted by atomic mass is 19.3. The normalized spacial score (nSPS) is 24.3. The van der Waals surface area contributed by atoms with Gasteiger partial charge in [-0.1, -0.05) is 6.08 Å². The van der Waals surface area contributed by atoms with Crippen LogP contribution in [0.2, 0.25) is 0 Å². The summed E-state index contributed by atoms with van der Waals surface area (Å²) < 4.78 is 31.3. The predicted octanol–water partition coefficient (Wildman–Crippen LogP) is 2.82. The van der Waals surface area contributed by atoms with E-state index < -0.39 is 30.2 Å². The van der Waals surface area contributed by atoms with Gasteiger partial charge in [-0.2, -0.15) is 0 Å². The number of alkyl halides is 2. The van der Waals surface area contributed by atoms with Gasteiger partial charge in [-0.3, -0.25) is 4.90 Å². The molecule has 0 N–H and O–H groups in total. The van der Waals surface area contributed by atoms with Crippen molar-refractivity contribution in [1.29, 1.82) is 0 Å². The summed E-state index contributed by atoms with van der Waals surface area (Å²) in [7, 11) is 0. The van der Waals surface area contributed by atoms with E-state index >= 15 is 0 Å². The number of hydrogen-bond donors (Lipinski definition) is 0. The van der Waals surface area contributed by atoms with E-state index in [0.717, 1.165) is 4.90 Å². The van der Waals surface area contributed by atoms with Crippen molar-refractivity contribution in [2.45, 2.75) is 44.8 Å². The van der Waals surface area contributed by atoms with Crippen LogP contribution in [0.1, 0.15) is 27.2 Å². The molecule has 1 rings (SSSR count). The molecule has 0 unspecified atom stereocenters. The lowest BCUT2D eigenvalue weighted by Crippen LogP contribution is -2.39. The number of hydrogen-bond acceptors (Lipinski definition) is 2. The Labute approximate surface area is 94.1 Å². The summed E-state index contributed by atoms with van der Waals surface area (Å²) in [5.74, 6) is -2.85. The van der Waals surface area contributed by atoms with Gasteiger partial charge in [-0.05, 0) is 20.8 Å². The third kappa shape index (κ3) is 3.18. The monoisotopic (exact) mass is 233 g/mol. The van der Waals surface area contributed by atoms with Crippen molar-refractivity contribution in [3.63, 3.8) is 0 Å². The molecule has 5 heteroatoms. The molecule has 1 saturated heterocycles. The quantitative estimate of drug-likeness (QED) is 0.652. The zero-order chi connectivity index (χ0) is 12.6. The largest absolute Gasteiger partial charge is 0.444 e. The van der Waals surface area contributed by atoms with Crippen LogP contribution in [0.4, 0.5) is 13.6 Å². The summed E-state index contributed by atoms with van der Waals surface area (Å²) in [5.41, 5.74) is -0.680. The first-order valence-corrected chi connectivity index (χ1v) is 5.15. The lowest BCUT2D eigenvalue weighted by atomic mass is 10.2. The van der Waals surface area contributed by atoms with Crippen molar-refractivity contribution < 1.29 is 18.3 Å². The number of carbonyl (C=O) groups is 1. The summed E-state index contributed by atoms with van der Waals surface area (Å²) in [6.45, 7) is 7.95. The van der Waals surface area contributed by atoms with Gasteiger partial charge in [0.1, 0.15) is 5.60 Å². The zero-order valence-electron chi connectivity index (χ0n) is 9.80. The molecular weight excluding hydrogens is 216 g/mol. The minimum absolute atomic E-state index is 0.379. The summed E-state index contributed by atoms with van der Waals surface area (Å²) in [6, 6.07) is -0.648. The fourth-order valence-electron chi connectivity index (χ4n) is 1.58. The molecule has 0 aliphatic carbocycles. The first kappa shape index (κ1) is 12.9. The second-order valence-electron chi connectivity index (χ2n) is 4.97. The van der Waals surface area contributed by atoms with Crippen molar-refractivity contribution in [3.8, 4) is 0 Å². The van der Waals surface area contributed by atoms with Crippen molar-refractivity contribution in [2.24, 2.45) is 0 Å². The molecule has 0 spiro atoms. The van der Waals surface area contributed by atoms with Crippen molar-refractivity contribution in [1.82, 2.24) is 4.90 Å². The van der Waals surface area contributed by atoms with Crippen molar-refractivity contribution in [3.05, 3.63) is 12.7 Å². The van der Waals surface area contributed by atoms with Crippen LogP contribution in [0.15, 0.2) is 12.7 Å². The molecule has 1 fully saturated rings. The highest BCUT2D eigenvalue weighted by molar-refractivity contribution is 5.69. The number of halogens is 2. The minimum Gasteiger partial charge on any atom is -0.444 e. The van der Waals surface area contributed by atoms with Gasteiger partial charge in [0.25, 0.3) is 5.92 Å². The molecule has 0 aromatic rings. The van der Waals surface area contributed by atoms with E-state index in [4.69, 9.17) is 4.74 Å². The van der Waals surface area contributed by atoms with Crippen LogP contribution in [-0.4, -0.2) is 35.1 Å². The Kier molecular flexibility index (Phi) is 3.26. The second-order valence-corrected chi connectivity index (χ2v) is 4.97. The third-order valence-electron chi connectivity index (χ3n) is 2.21. The first-order valence-electron chi connectivity index (χ1n) is 5.15. The molecule has 1 amide bonds. The van der Waals surface area contributed by atoms with E-state index in [2.05, 4.69) is 6.58 Å². The Bertz CT molecular complexity index is 297. The Balaban J connectivity index is 2.72. The second kappa shape index (κ2) is 4.03. The summed E-state index contributed by atoms with van der Waals surface area (Å²) in [5, 5.41) is 0. The molecule has 16 heavy (non-hydrogen) atoms. The van der Waals surface area contributed by atoms with Crippen LogP contribution in [-0.2, 0) is 4.74 Å². The average Bonchev–Trinajstić information content (AvgIpc) is 2.38. The first-order chi connectivity index (χ1) is 7.14. The fraction of sp³-hybridized carbons (Fsp3) is 0.727. The number of likely N-dealkylation sites (tertiary alicyclic amines) is 1. The summed E-state index contributed by atoms with van der Waals surface area (Å²) in [4.78, 5) is 12.7. The minimum atomic E-state index is -2.85. The highest BCUT2D eigenvalue weighted by Crippen LogP contribution is 2.33. The van der Waals surface area contributed by atoms with Crippen LogP contribution >= 0.6 is 0 Å². The van der Waals surface area contributed by atoms with Gasteiger partial charge >= 0.3 is 6.09 Å². The number of ether oxygens (including phenoxy) is 1. The Morgan fingerprint density at radius 2 is 2.12 bits per heavy atom. The van der Waals surface area contributed by atoms with Crippen LogP contribution in [0.25, 0.3) is 0 Å². The molecule has 0 saturated carbocycles. The zero-order valence-corrected chi connectivity index (χ0v) is 9.80. The van der Waals surface area contributed by atoms with Crippen LogP contribution in [0, 0.1) is 0 Å². The van der Waals surface area contributed by atoms with Gasteiger partial charge in [0.05, 0.1) is 12.6 Å². The molecule has 1 atom stereocenters. The maximum absolute atomic E-state index is 13.1. The SMILES string of the molecule is C=C[C@@H]1CC(F)(F)CN1C(=O)OC(C)(C)C. The fourth-order valence-corrected chi connectivity index (χ4v) is 1.58. The Morgan fingerprint density at radius 1 is 1.56 bits per heavy atom. The van der Waals surface area contributed by atoms with E-state index in [1.54, 1.807) is 20.8 Å². The van der Waals surface area contributed by atoms with Gasteiger partial charge in [0.2, 0.25) is 0 Å². The van der Waals surface area contributed by atoms with Gasteiger partial charge in [-0.25, -0.2) is 13.6 Å². The standard InChI is InChI=1S/C11H17F2NO2/c1-5-8-6-11(12,13)7-14(8)9(15)16-10(2,3)4/h5,8H,1,6-7H2,2-4H3/t8-/m1/s1. The molecular formula is C11H17F2NO2. The molecule has 0 aromatic heterocycles. The molecule has 0 bridgehead atoms. The number of rotatable bonds is 1.